The molecular formula is C18H24N2O6. The van der Waals surface area contributed by atoms with E-state index in [-0.39, 0.29) is 5.91 Å². The van der Waals surface area contributed by atoms with E-state index in [2.05, 4.69) is 10.6 Å². The Kier molecular flexibility index (Phi) is 8.69. The average Bonchev–Trinajstić information content (AvgIpc) is 2.64. The van der Waals surface area contributed by atoms with Crippen molar-refractivity contribution in [3.05, 3.63) is 29.8 Å². The van der Waals surface area contributed by atoms with Crippen LogP contribution in [0.1, 0.15) is 19.4 Å². The third kappa shape index (κ3) is 6.84. The van der Waals surface area contributed by atoms with Gasteiger partial charge in [0.1, 0.15) is 17.5 Å². The van der Waals surface area contributed by atoms with Gasteiger partial charge in [-0.15, -0.1) is 0 Å². The molecule has 0 saturated heterocycles. The van der Waals surface area contributed by atoms with Crippen LogP contribution in [0.3, 0.4) is 0 Å². The monoisotopic (exact) mass is 364 g/mol. The van der Waals surface area contributed by atoms with Gasteiger partial charge in [-0.25, -0.2) is 4.79 Å². The maximum Gasteiger partial charge on any atom is 0.331 e. The Balaban J connectivity index is 2.55. The number of methoxy groups -OCH3 is 2. The molecule has 0 aliphatic heterocycles. The molecule has 1 rings (SSSR count). The van der Waals surface area contributed by atoms with Gasteiger partial charge in [-0.1, -0.05) is 0 Å². The minimum absolute atomic E-state index is 0.308. The van der Waals surface area contributed by atoms with Gasteiger partial charge in [-0.2, -0.15) is 0 Å². The second-order valence-corrected chi connectivity index (χ2v) is 5.23. The summed E-state index contributed by atoms with van der Waals surface area (Å²) in [6.07, 6.45) is 2.68. The van der Waals surface area contributed by atoms with Gasteiger partial charge in [0.25, 0.3) is 5.91 Å². The molecule has 0 bridgehead atoms. The molecule has 0 heterocycles. The molecule has 0 unspecified atom stereocenters. The van der Waals surface area contributed by atoms with Crippen molar-refractivity contribution >= 4 is 23.9 Å². The van der Waals surface area contributed by atoms with Gasteiger partial charge < -0.3 is 24.8 Å². The predicted octanol–water partition coefficient (Wildman–Crippen LogP) is 0.901. The lowest BCUT2D eigenvalue weighted by Gasteiger charge is -2.13. The van der Waals surface area contributed by atoms with E-state index < -0.39 is 24.5 Å². The van der Waals surface area contributed by atoms with Crippen molar-refractivity contribution in [2.75, 3.05) is 27.4 Å². The number of benzene rings is 1. The van der Waals surface area contributed by atoms with E-state index in [1.165, 1.54) is 26.4 Å². The number of hydrogen-bond donors (Lipinski definition) is 2. The SMILES string of the molecule is CCNC(=O)[C@H](C)NC(=O)COC(=O)/C=C/c1cc(OC)ccc1OC. The molecule has 142 valence electrons. The Morgan fingerprint density at radius 2 is 1.92 bits per heavy atom. The fourth-order valence-electron chi connectivity index (χ4n) is 1.99. The van der Waals surface area contributed by atoms with Crippen molar-refractivity contribution in [3.63, 3.8) is 0 Å². The number of ether oxygens (including phenoxy) is 3. The maximum atomic E-state index is 11.8. The zero-order valence-corrected chi connectivity index (χ0v) is 15.3. The first-order chi connectivity index (χ1) is 12.4. The van der Waals surface area contributed by atoms with Crippen LogP contribution in [0, 0.1) is 0 Å². The molecule has 2 N–H and O–H groups in total. The first-order valence-electron chi connectivity index (χ1n) is 8.05. The molecule has 0 aliphatic rings. The van der Waals surface area contributed by atoms with E-state index in [0.717, 1.165) is 0 Å². The van der Waals surface area contributed by atoms with E-state index in [0.29, 0.717) is 23.6 Å². The van der Waals surface area contributed by atoms with E-state index in [1.54, 1.807) is 32.0 Å². The minimum atomic E-state index is -0.710. The smallest absolute Gasteiger partial charge is 0.331 e. The van der Waals surface area contributed by atoms with Crippen molar-refractivity contribution in [1.82, 2.24) is 10.6 Å². The highest BCUT2D eigenvalue weighted by Crippen LogP contribution is 2.25. The summed E-state index contributed by atoms with van der Waals surface area (Å²) in [5.41, 5.74) is 0.623. The number of hydrogen-bond acceptors (Lipinski definition) is 6. The van der Waals surface area contributed by atoms with Crippen LogP contribution in [-0.2, 0) is 19.1 Å². The molecule has 1 aromatic carbocycles. The molecule has 0 aromatic heterocycles. The third-order valence-electron chi connectivity index (χ3n) is 3.30. The highest BCUT2D eigenvalue weighted by molar-refractivity contribution is 5.91. The second-order valence-electron chi connectivity index (χ2n) is 5.23. The van der Waals surface area contributed by atoms with E-state index in [9.17, 15) is 14.4 Å². The first kappa shape index (κ1) is 21.0. The van der Waals surface area contributed by atoms with Gasteiger partial charge in [-0.05, 0) is 38.1 Å². The van der Waals surface area contributed by atoms with Crippen LogP contribution in [0.25, 0.3) is 6.08 Å². The van der Waals surface area contributed by atoms with Crippen molar-refractivity contribution in [2.45, 2.75) is 19.9 Å². The molecule has 8 heteroatoms. The fourth-order valence-corrected chi connectivity index (χ4v) is 1.99. The third-order valence-corrected chi connectivity index (χ3v) is 3.30. The summed E-state index contributed by atoms with van der Waals surface area (Å²) in [4.78, 5) is 35.0. The molecule has 0 radical (unpaired) electrons. The number of rotatable bonds is 9. The Bertz CT molecular complexity index is 672. The number of esters is 1. The largest absolute Gasteiger partial charge is 0.497 e. The van der Waals surface area contributed by atoms with Crippen LogP contribution in [0.5, 0.6) is 11.5 Å². The van der Waals surface area contributed by atoms with Crippen molar-refractivity contribution in [1.29, 1.82) is 0 Å². The Labute approximate surface area is 152 Å². The standard InChI is InChI=1S/C18H24N2O6/c1-5-19-18(23)12(2)20-16(21)11-26-17(22)9-6-13-10-14(24-3)7-8-15(13)25-4/h6-10,12H,5,11H2,1-4H3,(H,19,23)(H,20,21)/b9-6+/t12-/m0/s1. The predicted molar refractivity (Wildman–Crippen MR) is 95.8 cm³/mol. The summed E-state index contributed by atoms with van der Waals surface area (Å²) in [6.45, 7) is 3.30. The van der Waals surface area contributed by atoms with Crippen molar-refractivity contribution < 1.29 is 28.6 Å². The summed E-state index contributed by atoms with van der Waals surface area (Å²) in [5.74, 6) is -0.404. The van der Waals surface area contributed by atoms with Crippen LogP contribution in [0.2, 0.25) is 0 Å². The topological polar surface area (TPSA) is 103 Å². The highest BCUT2D eigenvalue weighted by Gasteiger charge is 2.15. The Hall–Kier alpha value is -3.03. The number of likely N-dealkylation sites (N-methyl/N-ethyl adjacent to an activating group) is 1. The molecule has 26 heavy (non-hydrogen) atoms. The summed E-state index contributed by atoms with van der Waals surface area (Å²) in [7, 11) is 3.04. The summed E-state index contributed by atoms with van der Waals surface area (Å²) >= 11 is 0. The van der Waals surface area contributed by atoms with Crippen LogP contribution in [0.4, 0.5) is 0 Å². The zero-order chi connectivity index (χ0) is 19.5. The van der Waals surface area contributed by atoms with E-state index in [1.807, 2.05) is 0 Å². The Morgan fingerprint density at radius 1 is 1.19 bits per heavy atom. The molecule has 2 amide bonds. The van der Waals surface area contributed by atoms with Gasteiger partial charge in [0, 0.05) is 18.2 Å². The van der Waals surface area contributed by atoms with Crippen LogP contribution < -0.4 is 20.1 Å². The lowest BCUT2D eigenvalue weighted by atomic mass is 10.1. The van der Waals surface area contributed by atoms with Crippen LogP contribution >= 0.6 is 0 Å². The molecular weight excluding hydrogens is 340 g/mol. The summed E-state index contributed by atoms with van der Waals surface area (Å²) in [6, 6.07) is 4.43. The zero-order valence-electron chi connectivity index (χ0n) is 15.3. The molecule has 0 spiro atoms. The summed E-state index contributed by atoms with van der Waals surface area (Å²) < 4.78 is 15.2. The van der Waals surface area contributed by atoms with Gasteiger partial charge in [-0.3, -0.25) is 9.59 Å². The molecule has 0 fully saturated rings. The Morgan fingerprint density at radius 3 is 2.54 bits per heavy atom. The average molecular weight is 364 g/mol. The van der Waals surface area contributed by atoms with Gasteiger partial charge in [0.15, 0.2) is 6.61 Å². The van der Waals surface area contributed by atoms with Gasteiger partial charge in [0.2, 0.25) is 5.91 Å². The molecule has 1 atom stereocenters. The quantitative estimate of drug-likeness (QED) is 0.499. The number of carbonyl (C=O) groups is 3. The van der Waals surface area contributed by atoms with Gasteiger partial charge in [0.05, 0.1) is 14.2 Å². The fraction of sp³-hybridized carbons (Fsp3) is 0.389. The first-order valence-corrected chi connectivity index (χ1v) is 8.05. The molecule has 8 nitrogen and oxygen atoms in total. The van der Waals surface area contributed by atoms with E-state index in [4.69, 9.17) is 14.2 Å². The maximum absolute atomic E-state index is 11.8. The highest BCUT2D eigenvalue weighted by atomic mass is 16.5. The molecule has 0 aliphatic carbocycles. The number of nitrogens with one attached hydrogen (secondary N) is 2. The normalized spacial score (nSPS) is 11.5. The number of carbonyl (C=O) groups excluding carboxylic acids is 3. The lowest BCUT2D eigenvalue weighted by molar-refractivity contribution is -0.144. The second kappa shape index (κ2) is 10.8. The molecule has 0 saturated carbocycles. The number of amides is 2. The lowest BCUT2D eigenvalue weighted by Crippen LogP contribution is -2.46. The van der Waals surface area contributed by atoms with Crippen LogP contribution in [-0.4, -0.2) is 51.2 Å². The minimum Gasteiger partial charge on any atom is -0.497 e. The van der Waals surface area contributed by atoms with Crippen LogP contribution in [0.15, 0.2) is 24.3 Å². The van der Waals surface area contributed by atoms with Crippen molar-refractivity contribution in [3.8, 4) is 11.5 Å². The van der Waals surface area contributed by atoms with Crippen molar-refractivity contribution in [2.24, 2.45) is 0 Å². The summed E-state index contributed by atoms with van der Waals surface area (Å²) in [5, 5.41) is 5.02. The van der Waals surface area contributed by atoms with Gasteiger partial charge >= 0.3 is 5.97 Å². The molecule has 1 aromatic rings. The van der Waals surface area contributed by atoms with E-state index >= 15 is 0 Å².